The van der Waals surface area contributed by atoms with Crippen molar-refractivity contribution in [3.05, 3.63) is 70.8 Å². The van der Waals surface area contributed by atoms with Crippen molar-refractivity contribution in [3.63, 3.8) is 0 Å². The fraction of sp³-hybridized carbons (Fsp3) is 0.500. The number of fused-ring (bicyclic) bond motifs is 3. The fourth-order valence-electron chi connectivity index (χ4n) is 5.24. The summed E-state index contributed by atoms with van der Waals surface area (Å²) < 4.78 is 12.0. The Morgan fingerprint density at radius 1 is 0.656 bits per heavy atom. The van der Waals surface area contributed by atoms with Crippen LogP contribution in [0.1, 0.15) is 84.2 Å². The molecule has 2 atom stereocenters. The molecule has 2 unspecified atom stereocenters. The van der Waals surface area contributed by atoms with Crippen molar-refractivity contribution in [2.45, 2.75) is 77.4 Å². The predicted octanol–water partition coefficient (Wildman–Crippen LogP) is 6.16. The van der Waals surface area contributed by atoms with Gasteiger partial charge in [-0.1, -0.05) is 51.0 Å². The Hall–Kier alpha value is -2.62. The van der Waals surface area contributed by atoms with Gasteiger partial charge in [0.15, 0.2) is 0 Å². The fourth-order valence-corrected chi connectivity index (χ4v) is 5.24. The van der Waals surface area contributed by atoms with Crippen LogP contribution in [0.2, 0.25) is 0 Å². The number of benzene rings is 2. The van der Waals surface area contributed by atoms with Crippen LogP contribution in [0, 0.1) is 11.8 Å². The van der Waals surface area contributed by atoms with E-state index >= 15 is 0 Å². The molecular formula is C28H34O4. The largest absolute Gasteiger partial charge is 0.455 e. The van der Waals surface area contributed by atoms with Crippen molar-refractivity contribution in [1.29, 1.82) is 0 Å². The van der Waals surface area contributed by atoms with Gasteiger partial charge in [-0.3, -0.25) is 0 Å². The molecule has 0 saturated heterocycles. The third-order valence-electron chi connectivity index (χ3n) is 7.01. The van der Waals surface area contributed by atoms with E-state index in [4.69, 9.17) is 9.47 Å². The minimum absolute atomic E-state index is 0.257. The number of carbonyl (C=O) groups excluding carboxylic acids is 2. The minimum Gasteiger partial charge on any atom is -0.455 e. The molecular weight excluding hydrogens is 400 g/mol. The number of rotatable bonds is 8. The van der Waals surface area contributed by atoms with Crippen LogP contribution in [-0.4, -0.2) is 24.1 Å². The van der Waals surface area contributed by atoms with E-state index in [1.807, 2.05) is 48.5 Å². The molecule has 0 heterocycles. The summed E-state index contributed by atoms with van der Waals surface area (Å²) in [4.78, 5) is 25.8. The number of carbonyl (C=O) groups is 2. The molecule has 170 valence electrons. The van der Waals surface area contributed by atoms with Crippen LogP contribution in [0.15, 0.2) is 48.5 Å². The Bertz CT molecular complexity index is 830. The van der Waals surface area contributed by atoms with E-state index in [2.05, 4.69) is 13.8 Å². The SMILES string of the molecule is CCCc1ccc(C(=O)OC2C3CCC(CC3)C2OC(=O)c2ccc(CCC)cc2)cc1. The van der Waals surface area contributed by atoms with E-state index < -0.39 is 0 Å². The maximum atomic E-state index is 12.9. The van der Waals surface area contributed by atoms with Crippen LogP contribution in [0.3, 0.4) is 0 Å². The van der Waals surface area contributed by atoms with Crippen LogP contribution in [0.5, 0.6) is 0 Å². The first-order valence-electron chi connectivity index (χ1n) is 12.2. The molecule has 32 heavy (non-hydrogen) atoms. The van der Waals surface area contributed by atoms with Gasteiger partial charge in [0.2, 0.25) is 0 Å². The molecule has 2 bridgehead atoms. The monoisotopic (exact) mass is 434 g/mol. The predicted molar refractivity (Wildman–Crippen MR) is 125 cm³/mol. The van der Waals surface area contributed by atoms with Crippen LogP contribution < -0.4 is 0 Å². The topological polar surface area (TPSA) is 52.6 Å². The van der Waals surface area contributed by atoms with Crippen molar-refractivity contribution in [1.82, 2.24) is 0 Å². The average molecular weight is 435 g/mol. The van der Waals surface area contributed by atoms with E-state index in [9.17, 15) is 9.59 Å². The molecule has 4 heteroatoms. The number of hydrogen-bond acceptors (Lipinski definition) is 4. The summed E-state index contributed by atoms with van der Waals surface area (Å²) in [5.74, 6) is -0.132. The van der Waals surface area contributed by atoms with Gasteiger partial charge < -0.3 is 9.47 Å². The second-order valence-corrected chi connectivity index (χ2v) is 9.31. The summed E-state index contributed by atoms with van der Waals surface area (Å²) >= 11 is 0. The van der Waals surface area contributed by atoms with Gasteiger partial charge in [-0.2, -0.15) is 0 Å². The standard InChI is InChI=1S/C28H34O4/c1-3-5-19-7-11-23(12-8-19)27(29)31-25-21-15-17-22(18-16-21)26(25)32-28(30)24-13-9-20(6-4-2)10-14-24/h7-14,21-22,25-26H,3-6,15-18H2,1-2H3. The van der Waals surface area contributed by atoms with E-state index in [0.29, 0.717) is 11.1 Å². The Morgan fingerprint density at radius 3 is 1.31 bits per heavy atom. The molecule has 3 aliphatic carbocycles. The minimum atomic E-state index is -0.367. The van der Waals surface area contributed by atoms with E-state index in [1.54, 1.807) is 0 Å². The molecule has 3 saturated carbocycles. The zero-order chi connectivity index (χ0) is 22.5. The molecule has 4 nitrogen and oxygen atoms in total. The summed E-state index contributed by atoms with van der Waals surface area (Å²) in [7, 11) is 0. The lowest BCUT2D eigenvalue weighted by Crippen LogP contribution is -2.52. The number of esters is 2. The Balaban J connectivity index is 1.45. The van der Waals surface area contributed by atoms with E-state index in [-0.39, 0.29) is 36.0 Å². The molecule has 0 radical (unpaired) electrons. The normalized spacial score (nSPS) is 24.2. The maximum absolute atomic E-state index is 12.9. The molecule has 3 aliphatic rings. The highest BCUT2D eigenvalue weighted by Crippen LogP contribution is 2.44. The van der Waals surface area contributed by atoms with Crippen molar-refractivity contribution in [3.8, 4) is 0 Å². The van der Waals surface area contributed by atoms with Gasteiger partial charge in [0, 0.05) is 0 Å². The van der Waals surface area contributed by atoms with Gasteiger partial charge in [0.05, 0.1) is 11.1 Å². The van der Waals surface area contributed by atoms with Crippen molar-refractivity contribution < 1.29 is 19.1 Å². The summed E-state index contributed by atoms with van der Waals surface area (Å²) in [6, 6.07) is 15.3. The van der Waals surface area contributed by atoms with Gasteiger partial charge >= 0.3 is 11.9 Å². The zero-order valence-corrected chi connectivity index (χ0v) is 19.2. The molecule has 3 fully saturated rings. The smallest absolute Gasteiger partial charge is 0.338 e. The average Bonchev–Trinajstić information content (AvgIpc) is 2.82. The van der Waals surface area contributed by atoms with Crippen LogP contribution >= 0.6 is 0 Å². The summed E-state index contributed by atoms with van der Waals surface area (Å²) in [6.07, 6.45) is 7.51. The summed E-state index contributed by atoms with van der Waals surface area (Å²) in [6.45, 7) is 4.28. The second-order valence-electron chi connectivity index (χ2n) is 9.31. The van der Waals surface area contributed by atoms with Gasteiger partial charge in [0.25, 0.3) is 0 Å². The number of aryl methyl sites for hydroxylation is 2. The highest BCUT2D eigenvalue weighted by atomic mass is 16.6. The summed E-state index contributed by atoms with van der Waals surface area (Å²) in [5, 5.41) is 0. The van der Waals surface area contributed by atoms with Crippen LogP contribution in [-0.2, 0) is 22.3 Å². The maximum Gasteiger partial charge on any atom is 0.338 e. The molecule has 2 aromatic carbocycles. The van der Waals surface area contributed by atoms with Crippen molar-refractivity contribution >= 4 is 11.9 Å². The Labute approximate surface area is 191 Å². The van der Waals surface area contributed by atoms with Crippen molar-refractivity contribution in [2.24, 2.45) is 11.8 Å². The van der Waals surface area contributed by atoms with Gasteiger partial charge in [-0.15, -0.1) is 0 Å². The van der Waals surface area contributed by atoms with E-state index in [0.717, 1.165) is 51.4 Å². The van der Waals surface area contributed by atoms with Gasteiger partial charge in [0.1, 0.15) is 12.2 Å². The lowest BCUT2D eigenvalue weighted by Gasteiger charge is -2.46. The van der Waals surface area contributed by atoms with Crippen LogP contribution in [0.4, 0.5) is 0 Å². The third-order valence-corrected chi connectivity index (χ3v) is 7.01. The quantitative estimate of drug-likeness (QED) is 0.467. The molecule has 0 aromatic heterocycles. The second kappa shape index (κ2) is 10.3. The Morgan fingerprint density at radius 2 is 1.00 bits per heavy atom. The van der Waals surface area contributed by atoms with Crippen LogP contribution in [0.25, 0.3) is 0 Å². The van der Waals surface area contributed by atoms with Gasteiger partial charge in [-0.05, 0) is 85.8 Å². The van der Waals surface area contributed by atoms with Crippen molar-refractivity contribution in [2.75, 3.05) is 0 Å². The lowest BCUT2D eigenvalue weighted by molar-refractivity contribution is -0.121. The first-order chi connectivity index (χ1) is 15.6. The van der Waals surface area contributed by atoms with E-state index in [1.165, 1.54) is 11.1 Å². The number of ether oxygens (including phenoxy) is 2. The molecule has 0 N–H and O–H groups in total. The first-order valence-corrected chi connectivity index (χ1v) is 12.2. The highest BCUT2D eigenvalue weighted by molar-refractivity contribution is 5.90. The molecule has 5 rings (SSSR count). The molecule has 0 amide bonds. The first kappa shape index (κ1) is 22.6. The zero-order valence-electron chi connectivity index (χ0n) is 19.2. The third kappa shape index (κ3) is 5.06. The number of hydrogen-bond donors (Lipinski definition) is 0. The highest BCUT2D eigenvalue weighted by Gasteiger charge is 2.48. The van der Waals surface area contributed by atoms with Gasteiger partial charge in [-0.25, -0.2) is 9.59 Å². The summed E-state index contributed by atoms with van der Waals surface area (Å²) in [5.41, 5.74) is 3.56. The Kier molecular flexibility index (Phi) is 7.29. The molecule has 0 aliphatic heterocycles. The molecule has 0 spiro atoms. The molecule has 2 aromatic rings. The lowest BCUT2D eigenvalue weighted by atomic mass is 9.67.